The van der Waals surface area contributed by atoms with Gasteiger partial charge in [-0.1, -0.05) is 78.9 Å². The van der Waals surface area contributed by atoms with Gasteiger partial charge in [0, 0.05) is 12.0 Å². The minimum atomic E-state index is -2.21. The van der Waals surface area contributed by atoms with Crippen molar-refractivity contribution < 1.29 is 9.18 Å². The lowest BCUT2D eigenvalue weighted by Crippen LogP contribution is -2.44. The van der Waals surface area contributed by atoms with Crippen LogP contribution >= 0.6 is 0 Å². The van der Waals surface area contributed by atoms with Crippen LogP contribution < -0.4 is 5.01 Å². The van der Waals surface area contributed by atoms with E-state index in [2.05, 4.69) is 5.10 Å². The lowest BCUT2D eigenvalue weighted by molar-refractivity contribution is -0.125. The Morgan fingerprint density at radius 3 is 1.96 bits per heavy atom. The molecular formula is C22H17FN2O. The molecule has 26 heavy (non-hydrogen) atoms. The van der Waals surface area contributed by atoms with Gasteiger partial charge >= 0.3 is 0 Å². The number of rotatable bonds is 4. The highest BCUT2D eigenvalue weighted by Gasteiger charge is 2.52. The molecule has 0 spiro atoms. The minimum absolute atomic E-state index is 0.0519. The van der Waals surface area contributed by atoms with E-state index in [0.717, 1.165) is 5.56 Å². The van der Waals surface area contributed by atoms with Crippen molar-refractivity contribution in [3.8, 4) is 0 Å². The van der Waals surface area contributed by atoms with E-state index in [4.69, 9.17) is 0 Å². The molecule has 128 valence electrons. The molecule has 3 aromatic rings. The molecule has 0 radical (unpaired) electrons. The van der Waals surface area contributed by atoms with Crippen LogP contribution in [-0.4, -0.2) is 17.3 Å². The van der Waals surface area contributed by atoms with Gasteiger partial charge in [-0.05, 0) is 17.7 Å². The van der Waals surface area contributed by atoms with E-state index in [1.807, 2.05) is 54.6 Å². The first-order valence-corrected chi connectivity index (χ1v) is 8.45. The van der Waals surface area contributed by atoms with E-state index in [0.29, 0.717) is 11.3 Å². The van der Waals surface area contributed by atoms with Crippen molar-refractivity contribution in [1.82, 2.24) is 0 Å². The quantitative estimate of drug-likeness (QED) is 0.691. The summed E-state index contributed by atoms with van der Waals surface area (Å²) in [6, 6.07) is 27.2. The van der Waals surface area contributed by atoms with Crippen LogP contribution in [0.5, 0.6) is 0 Å². The first-order valence-electron chi connectivity index (χ1n) is 8.45. The van der Waals surface area contributed by atoms with Crippen molar-refractivity contribution in [2.45, 2.75) is 12.1 Å². The van der Waals surface area contributed by atoms with E-state index in [1.54, 1.807) is 36.4 Å². The Labute approximate surface area is 151 Å². The second-order valence-electron chi connectivity index (χ2n) is 6.23. The zero-order valence-corrected chi connectivity index (χ0v) is 14.0. The largest absolute Gasteiger partial charge is 0.291 e. The molecule has 3 aromatic carbocycles. The van der Waals surface area contributed by atoms with Gasteiger partial charge < -0.3 is 0 Å². The molecule has 1 unspecified atom stereocenters. The predicted octanol–water partition coefficient (Wildman–Crippen LogP) is 4.39. The molecule has 0 saturated heterocycles. The Balaban J connectivity index is 1.80. The number of carbonyl (C=O) groups is 1. The number of halogens is 1. The predicted molar refractivity (Wildman–Crippen MR) is 101 cm³/mol. The number of anilines is 1. The fourth-order valence-corrected chi connectivity index (χ4v) is 3.16. The van der Waals surface area contributed by atoms with Gasteiger partial charge in [0.05, 0.1) is 5.69 Å². The van der Waals surface area contributed by atoms with Crippen LogP contribution in [0.1, 0.15) is 11.1 Å². The molecule has 1 amide bonds. The van der Waals surface area contributed by atoms with Gasteiger partial charge in [-0.25, -0.2) is 4.39 Å². The molecule has 4 rings (SSSR count). The van der Waals surface area contributed by atoms with Gasteiger partial charge in [0.15, 0.2) is 0 Å². The number of hydrazone groups is 1. The van der Waals surface area contributed by atoms with E-state index >= 15 is 4.39 Å². The highest BCUT2D eigenvalue weighted by molar-refractivity contribution is 6.27. The number of carbonyl (C=O) groups excluding carboxylic acids is 1. The molecule has 0 N–H and O–H groups in total. The molecule has 0 aliphatic carbocycles. The van der Waals surface area contributed by atoms with Crippen LogP contribution in [0.2, 0.25) is 0 Å². The molecule has 0 fully saturated rings. The zero-order valence-electron chi connectivity index (χ0n) is 14.0. The highest BCUT2D eigenvalue weighted by atomic mass is 19.1. The maximum Gasteiger partial charge on any atom is 0.291 e. The normalized spacial score (nSPS) is 19.5. The third-order valence-corrected chi connectivity index (χ3v) is 4.45. The molecule has 1 aliphatic rings. The lowest BCUT2D eigenvalue weighted by Gasteiger charge is -2.21. The molecule has 0 bridgehead atoms. The average molecular weight is 344 g/mol. The van der Waals surface area contributed by atoms with E-state index in [1.165, 1.54) is 5.01 Å². The number of benzene rings is 3. The number of alkyl halides is 1. The number of hydrogen-bond donors (Lipinski definition) is 0. The molecule has 4 heteroatoms. The first-order chi connectivity index (χ1) is 12.7. The summed E-state index contributed by atoms with van der Waals surface area (Å²) in [4.78, 5) is 13.1. The summed E-state index contributed by atoms with van der Waals surface area (Å²) in [5, 5.41) is 5.56. The van der Waals surface area contributed by atoms with Crippen molar-refractivity contribution in [2.24, 2.45) is 5.10 Å². The Morgan fingerprint density at radius 2 is 1.35 bits per heavy atom. The van der Waals surface area contributed by atoms with Gasteiger partial charge in [-0.15, -0.1) is 0 Å². The first kappa shape index (κ1) is 16.2. The van der Waals surface area contributed by atoms with Crippen molar-refractivity contribution in [3.05, 3.63) is 102 Å². The molecule has 3 nitrogen and oxygen atoms in total. The maximum absolute atomic E-state index is 16.2. The van der Waals surface area contributed by atoms with Gasteiger partial charge in [0.1, 0.15) is 5.71 Å². The van der Waals surface area contributed by atoms with E-state index in [9.17, 15) is 4.79 Å². The SMILES string of the molecule is O=C1N(c2ccccc2)N=C(c2ccccc2)C1(F)Cc1ccccc1. The Morgan fingerprint density at radius 1 is 0.808 bits per heavy atom. The average Bonchev–Trinajstić information content (AvgIpc) is 2.95. The van der Waals surface area contributed by atoms with Crippen LogP contribution in [-0.2, 0) is 11.2 Å². The summed E-state index contributed by atoms with van der Waals surface area (Å²) < 4.78 is 16.2. The summed E-state index contributed by atoms with van der Waals surface area (Å²) in [5.41, 5.74) is -0.146. The molecule has 1 heterocycles. The number of amides is 1. The molecule has 1 atom stereocenters. The molecule has 0 saturated carbocycles. The van der Waals surface area contributed by atoms with Crippen molar-refractivity contribution in [2.75, 3.05) is 5.01 Å². The number of hydrogen-bond acceptors (Lipinski definition) is 2. The molecule has 0 aromatic heterocycles. The second kappa shape index (κ2) is 6.56. The summed E-state index contributed by atoms with van der Waals surface area (Å²) in [6.45, 7) is 0. The van der Waals surface area contributed by atoms with Gasteiger partial charge in [0.2, 0.25) is 5.67 Å². The zero-order chi connectivity index (χ0) is 18.0. The van der Waals surface area contributed by atoms with Crippen molar-refractivity contribution in [3.63, 3.8) is 0 Å². The van der Waals surface area contributed by atoms with Crippen LogP contribution in [0.15, 0.2) is 96.1 Å². The van der Waals surface area contributed by atoms with Crippen LogP contribution in [0.25, 0.3) is 0 Å². The van der Waals surface area contributed by atoms with E-state index < -0.39 is 11.6 Å². The smallest absolute Gasteiger partial charge is 0.268 e. The third-order valence-electron chi connectivity index (χ3n) is 4.45. The van der Waals surface area contributed by atoms with Crippen LogP contribution in [0.4, 0.5) is 10.1 Å². The second-order valence-corrected chi connectivity index (χ2v) is 6.23. The topological polar surface area (TPSA) is 32.7 Å². The Hall–Kier alpha value is -3.27. The molecular weight excluding hydrogens is 327 g/mol. The maximum atomic E-state index is 16.2. The van der Waals surface area contributed by atoms with Crippen LogP contribution in [0, 0.1) is 0 Å². The summed E-state index contributed by atoms with van der Waals surface area (Å²) >= 11 is 0. The van der Waals surface area contributed by atoms with Crippen molar-refractivity contribution >= 4 is 17.3 Å². The number of nitrogens with zero attached hydrogens (tertiary/aromatic N) is 2. The monoisotopic (exact) mass is 344 g/mol. The van der Waals surface area contributed by atoms with E-state index in [-0.39, 0.29) is 12.1 Å². The third kappa shape index (κ3) is 2.80. The summed E-state index contributed by atoms with van der Waals surface area (Å²) in [5.74, 6) is -0.661. The van der Waals surface area contributed by atoms with Crippen molar-refractivity contribution in [1.29, 1.82) is 0 Å². The number of para-hydroxylation sites is 1. The van der Waals surface area contributed by atoms with Crippen LogP contribution in [0.3, 0.4) is 0 Å². The fourth-order valence-electron chi connectivity index (χ4n) is 3.16. The minimum Gasteiger partial charge on any atom is -0.268 e. The summed E-state index contributed by atoms with van der Waals surface area (Å²) in [6.07, 6.45) is -0.0519. The Bertz CT molecular complexity index is 942. The summed E-state index contributed by atoms with van der Waals surface area (Å²) in [7, 11) is 0. The molecule has 1 aliphatic heterocycles. The van der Waals surface area contributed by atoms with Gasteiger partial charge in [-0.2, -0.15) is 10.1 Å². The standard InChI is InChI=1S/C22H17FN2O/c23-22(16-17-10-4-1-5-11-17)20(18-12-6-2-7-13-18)24-25(21(22)26)19-14-8-3-9-15-19/h1-15H,16H2. The highest BCUT2D eigenvalue weighted by Crippen LogP contribution is 2.34. The van der Waals surface area contributed by atoms with Gasteiger partial charge in [-0.3, -0.25) is 4.79 Å². The lowest BCUT2D eigenvalue weighted by atomic mass is 9.87. The van der Waals surface area contributed by atoms with Gasteiger partial charge in [0.25, 0.3) is 5.91 Å². The fraction of sp³-hybridized carbons (Fsp3) is 0.0909. The Kier molecular flexibility index (Phi) is 4.09.